The standard InChI is InChI=1S/C17H28N2O3S/c1-3-19(7-4-8-23(20)21)13-9-12-11-18-15-5-6-16(22-2)14(10-13)17(12)15/h11,13,15-16,18H,3-10H2,1-2H3,(H,20,21)/p-1. The second-order valence-corrected chi connectivity index (χ2v) is 7.70. The zero-order valence-electron chi connectivity index (χ0n) is 14.0. The van der Waals surface area contributed by atoms with E-state index in [1.807, 2.05) is 7.11 Å². The van der Waals surface area contributed by atoms with Crippen molar-refractivity contribution in [3.63, 3.8) is 0 Å². The van der Waals surface area contributed by atoms with E-state index in [9.17, 15) is 8.76 Å². The van der Waals surface area contributed by atoms with Gasteiger partial charge in [-0.3, -0.25) is 9.11 Å². The molecule has 130 valence electrons. The maximum absolute atomic E-state index is 10.8. The van der Waals surface area contributed by atoms with Crippen molar-refractivity contribution < 1.29 is 13.5 Å². The molecular formula is C17H27N2O3S-. The molecule has 3 aliphatic rings. The summed E-state index contributed by atoms with van der Waals surface area (Å²) in [5, 5.41) is 3.53. The van der Waals surface area contributed by atoms with Gasteiger partial charge in [-0.1, -0.05) is 18.0 Å². The predicted octanol–water partition coefficient (Wildman–Crippen LogP) is 1.70. The minimum Gasteiger partial charge on any atom is -0.772 e. The van der Waals surface area contributed by atoms with Gasteiger partial charge in [-0.05, 0) is 61.9 Å². The van der Waals surface area contributed by atoms with E-state index in [0.717, 1.165) is 38.8 Å². The van der Waals surface area contributed by atoms with E-state index in [2.05, 4.69) is 23.3 Å². The molecule has 23 heavy (non-hydrogen) atoms. The molecule has 4 atom stereocenters. The minimum atomic E-state index is -1.93. The number of nitrogens with one attached hydrogen (secondary N) is 1. The summed E-state index contributed by atoms with van der Waals surface area (Å²) < 4.78 is 27.3. The second-order valence-electron chi connectivity index (χ2n) is 6.68. The van der Waals surface area contributed by atoms with Crippen molar-refractivity contribution in [3.05, 3.63) is 22.9 Å². The predicted molar refractivity (Wildman–Crippen MR) is 90.7 cm³/mol. The monoisotopic (exact) mass is 339 g/mol. The van der Waals surface area contributed by atoms with Crippen LogP contribution in [0.15, 0.2) is 22.9 Å². The number of hydrogen-bond acceptors (Lipinski definition) is 5. The summed E-state index contributed by atoms with van der Waals surface area (Å²) in [6.07, 6.45) is 7.51. The summed E-state index contributed by atoms with van der Waals surface area (Å²) in [6, 6.07) is 0.951. The lowest BCUT2D eigenvalue weighted by Crippen LogP contribution is -2.42. The van der Waals surface area contributed by atoms with Gasteiger partial charge in [-0.25, -0.2) is 0 Å². The summed E-state index contributed by atoms with van der Waals surface area (Å²) >= 11 is -1.93. The van der Waals surface area contributed by atoms with Gasteiger partial charge < -0.3 is 14.6 Å². The van der Waals surface area contributed by atoms with Crippen LogP contribution in [0.4, 0.5) is 0 Å². The number of hydrogen-bond donors (Lipinski definition) is 1. The molecule has 0 radical (unpaired) electrons. The Hall–Kier alpha value is -0.690. The van der Waals surface area contributed by atoms with Crippen LogP contribution in [0.3, 0.4) is 0 Å². The van der Waals surface area contributed by atoms with Crippen molar-refractivity contribution in [2.45, 2.75) is 57.2 Å². The molecule has 0 bridgehead atoms. The highest BCUT2D eigenvalue weighted by Crippen LogP contribution is 2.43. The van der Waals surface area contributed by atoms with Gasteiger partial charge in [-0.2, -0.15) is 0 Å². The SMILES string of the molecule is CCN(CCCS(=O)[O-])C1CC2=CNC3CCC(OC)C(=C23)C1. The van der Waals surface area contributed by atoms with Gasteiger partial charge in [0, 0.05) is 25.1 Å². The van der Waals surface area contributed by atoms with Crippen molar-refractivity contribution >= 4 is 11.1 Å². The first-order valence-corrected chi connectivity index (χ1v) is 9.89. The molecule has 6 heteroatoms. The molecule has 0 fully saturated rings. The molecule has 0 saturated carbocycles. The Labute approximate surface area is 141 Å². The molecule has 4 unspecified atom stereocenters. The first-order valence-electron chi connectivity index (χ1n) is 8.65. The highest BCUT2D eigenvalue weighted by molar-refractivity contribution is 7.79. The Morgan fingerprint density at radius 1 is 1.43 bits per heavy atom. The number of rotatable bonds is 7. The van der Waals surface area contributed by atoms with Crippen LogP contribution < -0.4 is 5.32 Å². The fraction of sp³-hybridized carbons (Fsp3) is 0.765. The Balaban J connectivity index is 1.73. The molecule has 0 saturated heterocycles. The van der Waals surface area contributed by atoms with Crippen LogP contribution in [-0.4, -0.2) is 57.8 Å². The fourth-order valence-electron chi connectivity index (χ4n) is 4.40. The molecule has 2 aliphatic carbocycles. The van der Waals surface area contributed by atoms with Gasteiger partial charge in [0.1, 0.15) is 0 Å². The molecule has 0 spiro atoms. The van der Waals surface area contributed by atoms with E-state index in [0.29, 0.717) is 18.5 Å². The van der Waals surface area contributed by atoms with Crippen molar-refractivity contribution in [2.75, 3.05) is 26.0 Å². The van der Waals surface area contributed by atoms with Crippen molar-refractivity contribution in [1.82, 2.24) is 10.2 Å². The summed E-state index contributed by atoms with van der Waals surface area (Å²) in [5.41, 5.74) is 4.42. The van der Waals surface area contributed by atoms with E-state index in [1.165, 1.54) is 16.7 Å². The number of nitrogens with zero attached hydrogens (tertiary/aromatic N) is 1. The van der Waals surface area contributed by atoms with Crippen LogP contribution in [0.2, 0.25) is 0 Å². The first kappa shape index (κ1) is 17.1. The van der Waals surface area contributed by atoms with Crippen LogP contribution in [0.25, 0.3) is 0 Å². The molecule has 0 amide bonds. The Bertz CT molecular complexity index is 532. The van der Waals surface area contributed by atoms with E-state index < -0.39 is 11.1 Å². The van der Waals surface area contributed by atoms with Crippen LogP contribution in [0, 0.1) is 0 Å². The smallest absolute Gasteiger partial charge is 0.0789 e. The van der Waals surface area contributed by atoms with E-state index in [1.54, 1.807) is 0 Å². The number of ether oxygens (including phenoxy) is 1. The fourth-order valence-corrected chi connectivity index (χ4v) is 4.77. The molecule has 1 heterocycles. The molecule has 1 aliphatic heterocycles. The summed E-state index contributed by atoms with van der Waals surface area (Å²) in [7, 11) is 1.81. The lowest BCUT2D eigenvalue weighted by molar-refractivity contribution is 0.100. The van der Waals surface area contributed by atoms with Gasteiger partial charge in [-0.15, -0.1) is 0 Å². The normalized spacial score (nSPS) is 31.0. The third kappa shape index (κ3) is 3.55. The molecule has 0 aromatic carbocycles. The molecule has 0 aromatic rings. The average Bonchev–Trinajstić information content (AvgIpc) is 2.96. The Morgan fingerprint density at radius 3 is 2.96 bits per heavy atom. The zero-order valence-corrected chi connectivity index (χ0v) is 14.9. The van der Waals surface area contributed by atoms with Crippen LogP contribution in [-0.2, 0) is 15.8 Å². The molecular weight excluding hydrogens is 312 g/mol. The van der Waals surface area contributed by atoms with Gasteiger partial charge in [0.05, 0.1) is 12.1 Å². The summed E-state index contributed by atoms with van der Waals surface area (Å²) in [5.74, 6) is 0.254. The lowest BCUT2D eigenvalue weighted by atomic mass is 9.75. The van der Waals surface area contributed by atoms with Crippen molar-refractivity contribution in [3.8, 4) is 0 Å². The van der Waals surface area contributed by atoms with Gasteiger partial charge >= 0.3 is 0 Å². The highest BCUT2D eigenvalue weighted by Gasteiger charge is 2.39. The average molecular weight is 339 g/mol. The summed E-state index contributed by atoms with van der Waals surface area (Å²) in [6.45, 7) is 3.97. The van der Waals surface area contributed by atoms with Crippen LogP contribution in [0.5, 0.6) is 0 Å². The first-order chi connectivity index (χ1) is 11.1. The third-order valence-electron chi connectivity index (χ3n) is 5.48. The van der Waals surface area contributed by atoms with Crippen molar-refractivity contribution in [2.24, 2.45) is 0 Å². The highest BCUT2D eigenvalue weighted by atomic mass is 32.2. The summed E-state index contributed by atoms with van der Waals surface area (Å²) in [4.78, 5) is 2.44. The third-order valence-corrected chi connectivity index (χ3v) is 6.10. The van der Waals surface area contributed by atoms with Crippen LogP contribution in [0.1, 0.15) is 39.0 Å². The van der Waals surface area contributed by atoms with Gasteiger partial charge in [0.25, 0.3) is 0 Å². The molecule has 0 aromatic heterocycles. The van der Waals surface area contributed by atoms with E-state index in [-0.39, 0.29) is 11.9 Å². The van der Waals surface area contributed by atoms with Crippen LogP contribution >= 0.6 is 0 Å². The van der Waals surface area contributed by atoms with Gasteiger partial charge in [0.2, 0.25) is 0 Å². The topological polar surface area (TPSA) is 64.6 Å². The minimum absolute atomic E-state index is 0.250. The molecule has 1 N–H and O–H groups in total. The maximum atomic E-state index is 10.8. The Kier molecular flexibility index (Phi) is 5.57. The maximum Gasteiger partial charge on any atom is 0.0789 e. The molecule has 5 nitrogen and oxygen atoms in total. The Morgan fingerprint density at radius 2 is 2.26 bits per heavy atom. The van der Waals surface area contributed by atoms with Gasteiger partial charge in [0.15, 0.2) is 0 Å². The van der Waals surface area contributed by atoms with E-state index in [4.69, 9.17) is 4.74 Å². The lowest BCUT2D eigenvalue weighted by Gasteiger charge is -2.40. The molecule has 3 rings (SSSR count). The van der Waals surface area contributed by atoms with Crippen molar-refractivity contribution in [1.29, 1.82) is 0 Å². The van der Waals surface area contributed by atoms with E-state index >= 15 is 0 Å². The number of methoxy groups -OCH3 is 1. The largest absolute Gasteiger partial charge is 0.772 e. The zero-order chi connectivity index (χ0) is 16.4. The quantitative estimate of drug-likeness (QED) is 0.715. The second kappa shape index (κ2) is 7.47.